The van der Waals surface area contributed by atoms with Crippen LogP contribution in [0.5, 0.6) is 0 Å². The van der Waals surface area contributed by atoms with Crippen LogP contribution in [0.2, 0.25) is 5.02 Å². The fraction of sp³-hybridized carbons (Fsp3) is 0.0870. The molecule has 0 unspecified atom stereocenters. The van der Waals surface area contributed by atoms with E-state index in [1.165, 1.54) is 0 Å². The first kappa shape index (κ1) is 20.3. The summed E-state index contributed by atoms with van der Waals surface area (Å²) in [5.41, 5.74) is 6.06. The van der Waals surface area contributed by atoms with Crippen LogP contribution in [0, 0.1) is 0 Å². The van der Waals surface area contributed by atoms with Crippen molar-refractivity contribution in [3.8, 4) is 0 Å². The lowest BCUT2D eigenvalue weighted by Gasteiger charge is -2.08. The van der Waals surface area contributed by atoms with Gasteiger partial charge in [0.1, 0.15) is 0 Å². The van der Waals surface area contributed by atoms with Gasteiger partial charge in [-0.2, -0.15) is 5.10 Å². The Balaban J connectivity index is 1.63. The predicted molar refractivity (Wildman–Crippen MR) is 116 cm³/mol. The zero-order valence-corrected chi connectivity index (χ0v) is 16.6. The Morgan fingerprint density at radius 3 is 2.34 bits per heavy atom. The summed E-state index contributed by atoms with van der Waals surface area (Å²) < 4.78 is 0. The Morgan fingerprint density at radius 2 is 1.62 bits per heavy atom. The number of carbonyl (C=O) groups excluding carboxylic acids is 2. The zero-order valence-electron chi connectivity index (χ0n) is 15.9. The Morgan fingerprint density at radius 1 is 0.897 bits per heavy atom. The van der Waals surface area contributed by atoms with Crippen molar-refractivity contribution in [2.75, 3.05) is 5.32 Å². The van der Waals surface area contributed by atoms with E-state index in [0.29, 0.717) is 22.0 Å². The number of rotatable bonds is 6. The number of hydrazone groups is 1. The van der Waals surface area contributed by atoms with Crippen LogP contribution in [0.3, 0.4) is 0 Å². The molecule has 0 aromatic heterocycles. The number of amides is 2. The van der Waals surface area contributed by atoms with Crippen molar-refractivity contribution in [3.63, 3.8) is 0 Å². The third kappa shape index (κ3) is 6.02. The fourth-order valence-electron chi connectivity index (χ4n) is 2.66. The SMILES string of the molecule is C/C(=N/NC(=O)Cc1ccccc1)c1cccc(NC(=O)c2ccc(Cl)cc2)c1. The molecule has 6 heteroatoms. The second-order valence-corrected chi connectivity index (χ2v) is 6.87. The van der Waals surface area contributed by atoms with E-state index in [4.69, 9.17) is 11.6 Å². The van der Waals surface area contributed by atoms with E-state index in [-0.39, 0.29) is 18.2 Å². The van der Waals surface area contributed by atoms with Gasteiger partial charge in [-0.3, -0.25) is 9.59 Å². The predicted octanol–water partition coefficient (Wildman–Crippen LogP) is 4.68. The van der Waals surface area contributed by atoms with Gasteiger partial charge in [0.25, 0.3) is 5.91 Å². The average molecular weight is 406 g/mol. The fourth-order valence-corrected chi connectivity index (χ4v) is 2.78. The van der Waals surface area contributed by atoms with Gasteiger partial charge in [-0.15, -0.1) is 0 Å². The zero-order chi connectivity index (χ0) is 20.6. The summed E-state index contributed by atoms with van der Waals surface area (Å²) in [4.78, 5) is 24.4. The molecule has 0 fully saturated rings. The second-order valence-electron chi connectivity index (χ2n) is 6.44. The first-order chi connectivity index (χ1) is 14.0. The van der Waals surface area contributed by atoms with E-state index in [1.54, 1.807) is 43.3 Å². The molecule has 2 amide bonds. The Hall–Kier alpha value is -3.44. The molecule has 29 heavy (non-hydrogen) atoms. The number of hydrogen-bond acceptors (Lipinski definition) is 3. The highest BCUT2D eigenvalue weighted by molar-refractivity contribution is 6.30. The normalized spacial score (nSPS) is 11.0. The lowest BCUT2D eigenvalue weighted by atomic mass is 10.1. The standard InChI is InChI=1S/C23H20ClN3O2/c1-16(26-27-22(28)14-17-6-3-2-4-7-17)19-8-5-9-21(15-19)25-23(29)18-10-12-20(24)13-11-18/h2-13,15H,14H2,1H3,(H,25,29)(H,27,28)/b26-16-. The molecule has 0 aliphatic carbocycles. The van der Waals surface area contributed by atoms with Crippen LogP contribution in [0.1, 0.15) is 28.4 Å². The van der Waals surface area contributed by atoms with Gasteiger partial charge < -0.3 is 5.32 Å². The highest BCUT2D eigenvalue weighted by atomic mass is 35.5. The minimum Gasteiger partial charge on any atom is -0.322 e. The average Bonchev–Trinajstić information content (AvgIpc) is 2.73. The molecule has 0 saturated carbocycles. The first-order valence-corrected chi connectivity index (χ1v) is 9.43. The van der Waals surface area contributed by atoms with E-state index < -0.39 is 0 Å². The van der Waals surface area contributed by atoms with Crippen molar-refractivity contribution >= 4 is 34.8 Å². The summed E-state index contributed by atoms with van der Waals surface area (Å²) in [5, 5.41) is 7.59. The van der Waals surface area contributed by atoms with Crippen molar-refractivity contribution < 1.29 is 9.59 Å². The van der Waals surface area contributed by atoms with E-state index in [1.807, 2.05) is 42.5 Å². The van der Waals surface area contributed by atoms with Crippen molar-refractivity contribution in [1.29, 1.82) is 0 Å². The third-order valence-electron chi connectivity index (χ3n) is 4.20. The summed E-state index contributed by atoms with van der Waals surface area (Å²) in [6.45, 7) is 1.79. The summed E-state index contributed by atoms with van der Waals surface area (Å²) in [6, 6.07) is 23.4. The van der Waals surface area contributed by atoms with Gasteiger partial charge in [-0.1, -0.05) is 54.1 Å². The number of hydrogen-bond donors (Lipinski definition) is 2. The number of benzene rings is 3. The highest BCUT2D eigenvalue weighted by Gasteiger charge is 2.08. The third-order valence-corrected chi connectivity index (χ3v) is 4.45. The molecule has 5 nitrogen and oxygen atoms in total. The molecule has 0 aliphatic rings. The van der Waals surface area contributed by atoms with E-state index in [0.717, 1.165) is 11.1 Å². The minimum atomic E-state index is -0.232. The molecular weight excluding hydrogens is 386 g/mol. The van der Waals surface area contributed by atoms with Crippen LogP contribution in [0.4, 0.5) is 5.69 Å². The van der Waals surface area contributed by atoms with Gasteiger partial charge in [0.05, 0.1) is 12.1 Å². The summed E-state index contributed by atoms with van der Waals surface area (Å²) >= 11 is 5.85. The van der Waals surface area contributed by atoms with E-state index in [2.05, 4.69) is 15.8 Å². The lowest BCUT2D eigenvalue weighted by molar-refractivity contribution is -0.120. The summed E-state index contributed by atoms with van der Waals surface area (Å²) in [5.74, 6) is -0.424. The van der Waals surface area contributed by atoms with Crippen LogP contribution >= 0.6 is 11.6 Å². The Bertz CT molecular complexity index is 1030. The molecule has 0 heterocycles. The monoisotopic (exact) mass is 405 g/mol. The lowest BCUT2D eigenvalue weighted by Crippen LogP contribution is -2.21. The van der Waals surface area contributed by atoms with Gasteiger partial charge in [0, 0.05) is 16.3 Å². The first-order valence-electron chi connectivity index (χ1n) is 9.05. The number of anilines is 1. The van der Waals surface area contributed by atoms with Crippen molar-refractivity contribution in [3.05, 3.63) is 101 Å². The quantitative estimate of drug-likeness (QED) is 0.462. The molecule has 3 aromatic rings. The molecular formula is C23H20ClN3O2. The van der Waals surface area contributed by atoms with Crippen LogP contribution in [-0.4, -0.2) is 17.5 Å². The van der Waals surface area contributed by atoms with Crippen LogP contribution < -0.4 is 10.7 Å². The Labute approximate surface area is 174 Å². The number of nitrogens with one attached hydrogen (secondary N) is 2. The molecule has 0 bridgehead atoms. The van der Waals surface area contributed by atoms with Gasteiger partial charge in [0.15, 0.2) is 0 Å². The molecule has 0 radical (unpaired) electrons. The van der Waals surface area contributed by atoms with Crippen molar-refractivity contribution in [2.24, 2.45) is 5.10 Å². The summed E-state index contributed by atoms with van der Waals surface area (Å²) in [7, 11) is 0. The van der Waals surface area contributed by atoms with Crippen LogP contribution in [-0.2, 0) is 11.2 Å². The molecule has 0 aliphatic heterocycles. The molecule has 2 N–H and O–H groups in total. The van der Waals surface area contributed by atoms with Gasteiger partial charge in [0.2, 0.25) is 5.91 Å². The summed E-state index contributed by atoms with van der Waals surface area (Å²) in [6.07, 6.45) is 0.259. The molecule has 0 atom stereocenters. The maximum atomic E-state index is 12.4. The largest absolute Gasteiger partial charge is 0.322 e. The number of halogens is 1. The van der Waals surface area contributed by atoms with Gasteiger partial charge in [-0.05, 0) is 54.4 Å². The molecule has 0 saturated heterocycles. The van der Waals surface area contributed by atoms with Gasteiger partial charge in [-0.25, -0.2) is 5.43 Å². The van der Waals surface area contributed by atoms with Crippen LogP contribution in [0.15, 0.2) is 84.0 Å². The maximum Gasteiger partial charge on any atom is 0.255 e. The van der Waals surface area contributed by atoms with E-state index >= 15 is 0 Å². The molecule has 0 spiro atoms. The molecule has 3 aromatic carbocycles. The smallest absolute Gasteiger partial charge is 0.255 e. The Kier molecular flexibility index (Phi) is 6.76. The van der Waals surface area contributed by atoms with E-state index in [9.17, 15) is 9.59 Å². The molecule has 146 valence electrons. The maximum absolute atomic E-state index is 12.4. The highest BCUT2D eigenvalue weighted by Crippen LogP contribution is 2.15. The minimum absolute atomic E-state index is 0.192. The second kappa shape index (κ2) is 9.66. The number of carbonyl (C=O) groups is 2. The van der Waals surface area contributed by atoms with Crippen molar-refractivity contribution in [2.45, 2.75) is 13.3 Å². The molecule has 3 rings (SSSR count). The van der Waals surface area contributed by atoms with Crippen molar-refractivity contribution in [1.82, 2.24) is 5.43 Å². The topological polar surface area (TPSA) is 70.6 Å². The number of nitrogens with zero attached hydrogens (tertiary/aromatic N) is 1. The van der Waals surface area contributed by atoms with Crippen LogP contribution in [0.25, 0.3) is 0 Å². The van der Waals surface area contributed by atoms with Gasteiger partial charge >= 0.3 is 0 Å².